The number of esters is 1. The van der Waals surface area contributed by atoms with Crippen molar-refractivity contribution in [1.82, 2.24) is 9.88 Å². The van der Waals surface area contributed by atoms with E-state index in [-0.39, 0.29) is 18.3 Å². The highest BCUT2D eigenvalue weighted by Crippen LogP contribution is 2.18. The van der Waals surface area contributed by atoms with Gasteiger partial charge < -0.3 is 9.64 Å². The molecule has 3 aromatic rings. The molecular formula is C21H18ClFN2O3. The molecule has 0 saturated carbocycles. The first-order valence-corrected chi connectivity index (χ1v) is 8.98. The van der Waals surface area contributed by atoms with Gasteiger partial charge in [0.15, 0.2) is 6.10 Å². The van der Waals surface area contributed by atoms with Crippen LogP contribution in [-0.2, 0) is 16.1 Å². The van der Waals surface area contributed by atoms with Crippen LogP contribution in [0.3, 0.4) is 0 Å². The maximum Gasteiger partial charge on any atom is 0.338 e. The molecule has 2 aromatic carbocycles. The predicted molar refractivity (Wildman–Crippen MR) is 105 cm³/mol. The molecule has 1 atom stereocenters. The van der Waals surface area contributed by atoms with E-state index in [1.807, 2.05) is 0 Å². The number of nitrogens with zero attached hydrogens (tertiary/aromatic N) is 2. The fourth-order valence-corrected chi connectivity index (χ4v) is 2.96. The highest BCUT2D eigenvalue weighted by Gasteiger charge is 2.22. The third-order valence-electron chi connectivity index (χ3n) is 4.21. The summed E-state index contributed by atoms with van der Waals surface area (Å²) in [6.45, 7) is 1.71. The molecule has 0 bridgehead atoms. The van der Waals surface area contributed by atoms with Gasteiger partial charge in [0.2, 0.25) is 0 Å². The van der Waals surface area contributed by atoms with Crippen molar-refractivity contribution in [2.45, 2.75) is 19.6 Å². The van der Waals surface area contributed by atoms with Gasteiger partial charge in [-0.25, -0.2) is 14.2 Å². The first kappa shape index (κ1) is 19.8. The first-order chi connectivity index (χ1) is 13.3. The van der Waals surface area contributed by atoms with Crippen LogP contribution in [-0.4, -0.2) is 34.9 Å². The lowest BCUT2D eigenvalue weighted by molar-refractivity contribution is -0.139. The SMILES string of the molecule is CC(OC(=O)c1ccc2nc(Cl)ccc2c1)C(=O)N(C)Cc1cccc(F)c1. The summed E-state index contributed by atoms with van der Waals surface area (Å²) in [4.78, 5) is 30.4. The Balaban J connectivity index is 1.65. The molecule has 1 unspecified atom stereocenters. The van der Waals surface area contributed by atoms with Gasteiger partial charge in [0.05, 0.1) is 11.1 Å². The first-order valence-electron chi connectivity index (χ1n) is 8.60. The fraction of sp³-hybridized carbons (Fsp3) is 0.190. The summed E-state index contributed by atoms with van der Waals surface area (Å²) < 4.78 is 18.6. The lowest BCUT2D eigenvalue weighted by Crippen LogP contribution is -2.37. The Morgan fingerprint density at radius 1 is 1.18 bits per heavy atom. The standard InChI is InChI=1S/C21H18ClFN2O3/c1-13(20(26)25(2)12-14-4-3-5-17(23)10-14)28-21(27)16-6-8-18-15(11-16)7-9-19(22)24-18/h3-11,13H,12H2,1-2H3. The van der Waals surface area contributed by atoms with Crippen molar-refractivity contribution in [1.29, 1.82) is 0 Å². The van der Waals surface area contributed by atoms with Crippen molar-refractivity contribution >= 4 is 34.4 Å². The van der Waals surface area contributed by atoms with Gasteiger partial charge in [-0.3, -0.25) is 4.79 Å². The summed E-state index contributed by atoms with van der Waals surface area (Å²) in [6.07, 6.45) is -0.981. The van der Waals surface area contributed by atoms with E-state index in [2.05, 4.69) is 4.98 Å². The Labute approximate surface area is 166 Å². The number of likely N-dealkylation sites (N-methyl/N-ethyl adjacent to an activating group) is 1. The van der Waals surface area contributed by atoms with Crippen molar-refractivity contribution in [3.05, 3.63) is 76.7 Å². The molecule has 0 fully saturated rings. The minimum atomic E-state index is -0.981. The number of benzene rings is 2. The van der Waals surface area contributed by atoms with E-state index in [1.54, 1.807) is 49.5 Å². The van der Waals surface area contributed by atoms with Crippen molar-refractivity contribution in [2.24, 2.45) is 0 Å². The van der Waals surface area contributed by atoms with E-state index in [1.165, 1.54) is 24.0 Å². The number of fused-ring (bicyclic) bond motifs is 1. The summed E-state index contributed by atoms with van der Waals surface area (Å²) >= 11 is 5.86. The highest BCUT2D eigenvalue weighted by atomic mass is 35.5. The number of carbonyl (C=O) groups excluding carboxylic acids is 2. The second kappa shape index (κ2) is 8.35. The van der Waals surface area contributed by atoms with Crippen LogP contribution < -0.4 is 0 Å². The van der Waals surface area contributed by atoms with Crippen LogP contribution in [0, 0.1) is 5.82 Å². The van der Waals surface area contributed by atoms with Crippen molar-refractivity contribution in [3.63, 3.8) is 0 Å². The number of ether oxygens (including phenoxy) is 1. The molecule has 0 saturated heterocycles. The van der Waals surface area contributed by atoms with Crippen molar-refractivity contribution in [3.8, 4) is 0 Å². The molecule has 3 rings (SSSR count). The molecule has 1 heterocycles. The molecule has 28 heavy (non-hydrogen) atoms. The van der Waals surface area contributed by atoms with Crippen LogP contribution in [0.15, 0.2) is 54.6 Å². The van der Waals surface area contributed by atoms with Crippen molar-refractivity contribution < 1.29 is 18.7 Å². The largest absolute Gasteiger partial charge is 0.449 e. The maximum absolute atomic E-state index is 13.3. The zero-order chi connectivity index (χ0) is 20.3. The van der Waals surface area contributed by atoms with Gasteiger partial charge in [-0.15, -0.1) is 0 Å². The Hall–Kier alpha value is -2.99. The summed E-state index contributed by atoms with van der Waals surface area (Å²) in [5, 5.41) is 1.10. The Morgan fingerprint density at radius 2 is 1.96 bits per heavy atom. The number of pyridine rings is 1. The van der Waals surface area contributed by atoms with E-state index in [0.717, 1.165) is 5.39 Å². The number of amides is 1. The number of halogens is 2. The van der Waals surface area contributed by atoms with Crippen LogP contribution in [0.2, 0.25) is 5.15 Å². The van der Waals surface area contributed by atoms with Gasteiger partial charge in [-0.05, 0) is 55.0 Å². The monoisotopic (exact) mass is 400 g/mol. The quantitative estimate of drug-likeness (QED) is 0.475. The summed E-state index contributed by atoms with van der Waals surface area (Å²) in [5.41, 5.74) is 1.61. The normalized spacial score (nSPS) is 11.9. The van der Waals surface area contributed by atoms with E-state index >= 15 is 0 Å². The summed E-state index contributed by atoms with van der Waals surface area (Å²) in [5.74, 6) is -1.37. The van der Waals surface area contributed by atoms with Crippen molar-refractivity contribution in [2.75, 3.05) is 7.05 Å². The molecule has 0 aliphatic carbocycles. The number of hydrogen-bond acceptors (Lipinski definition) is 4. The van der Waals surface area contributed by atoms with Crippen LogP contribution in [0.1, 0.15) is 22.8 Å². The van der Waals surface area contributed by atoms with Gasteiger partial charge in [0, 0.05) is 19.0 Å². The lowest BCUT2D eigenvalue weighted by atomic mass is 10.1. The number of hydrogen-bond donors (Lipinski definition) is 0. The van der Waals surface area contributed by atoms with E-state index in [9.17, 15) is 14.0 Å². The maximum atomic E-state index is 13.3. The minimum absolute atomic E-state index is 0.209. The van der Waals surface area contributed by atoms with Gasteiger partial charge in [0.1, 0.15) is 11.0 Å². The number of aromatic nitrogens is 1. The Morgan fingerprint density at radius 3 is 2.71 bits per heavy atom. The topological polar surface area (TPSA) is 59.5 Å². The van der Waals surface area contributed by atoms with E-state index < -0.39 is 12.1 Å². The second-order valence-electron chi connectivity index (χ2n) is 6.41. The van der Waals surface area contributed by atoms with Crippen LogP contribution in [0.25, 0.3) is 10.9 Å². The lowest BCUT2D eigenvalue weighted by Gasteiger charge is -2.21. The average molecular weight is 401 g/mol. The Kier molecular flexibility index (Phi) is 5.90. The Bertz CT molecular complexity index is 1040. The summed E-state index contributed by atoms with van der Waals surface area (Å²) in [6, 6.07) is 14.2. The number of carbonyl (C=O) groups is 2. The smallest absolute Gasteiger partial charge is 0.338 e. The molecule has 144 valence electrons. The van der Waals surface area contributed by atoms with Gasteiger partial charge in [0.25, 0.3) is 5.91 Å². The van der Waals surface area contributed by atoms with Gasteiger partial charge in [-0.2, -0.15) is 0 Å². The molecule has 5 nitrogen and oxygen atoms in total. The molecule has 0 spiro atoms. The molecule has 7 heteroatoms. The second-order valence-corrected chi connectivity index (χ2v) is 6.80. The highest BCUT2D eigenvalue weighted by molar-refractivity contribution is 6.29. The molecule has 0 aliphatic rings. The molecule has 0 aliphatic heterocycles. The zero-order valence-corrected chi connectivity index (χ0v) is 16.1. The average Bonchev–Trinajstić information content (AvgIpc) is 2.66. The zero-order valence-electron chi connectivity index (χ0n) is 15.4. The fourth-order valence-electron chi connectivity index (χ4n) is 2.80. The van der Waals surface area contributed by atoms with Crippen LogP contribution >= 0.6 is 11.6 Å². The minimum Gasteiger partial charge on any atom is -0.449 e. The van der Waals surface area contributed by atoms with Gasteiger partial charge >= 0.3 is 5.97 Å². The third-order valence-corrected chi connectivity index (χ3v) is 4.42. The summed E-state index contributed by atoms with van der Waals surface area (Å²) in [7, 11) is 1.57. The molecular weight excluding hydrogens is 383 g/mol. The van der Waals surface area contributed by atoms with Crippen LogP contribution in [0.5, 0.6) is 0 Å². The molecule has 0 radical (unpaired) electrons. The van der Waals surface area contributed by atoms with Crippen LogP contribution in [0.4, 0.5) is 4.39 Å². The predicted octanol–water partition coefficient (Wildman–Crippen LogP) is 4.23. The molecule has 0 N–H and O–H groups in total. The van der Waals surface area contributed by atoms with E-state index in [4.69, 9.17) is 16.3 Å². The third kappa shape index (κ3) is 4.64. The number of rotatable bonds is 5. The molecule has 1 amide bonds. The van der Waals surface area contributed by atoms with Gasteiger partial charge in [-0.1, -0.05) is 23.7 Å². The molecule has 1 aromatic heterocycles. The van der Waals surface area contributed by atoms with E-state index in [0.29, 0.717) is 21.8 Å².